The maximum Gasteiger partial charge on any atom is 0.417 e. The monoisotopic (exact) mass is 488 g/mol. The van der Waals surface area contributed by atoms with E-state index in [0.29, 0.717) is 57.7 Å². The van der Waals surface area contributed by atoms with Gasteiger partial charge in [-0.15, -0.1) is 0 Å². The van der Waals surface area contributed by atoms with E-state index in [9.17, 15) is 22.8 Å². The van der Waals surface area contributed by atoms with E-state index in [4.69, 9.17) is 5.26 Å². The Morgan fingerprint density at radius 1 is 1.29 bits per heavy atom. The number of aromatic nitrogens is 2. The van der Waals surface area contributed by atoms with Crippen molar-refractivity contribution in [3.05, 3.63) is 48.0 Å². The Labute approximate surface area is 201 Å². The molecule has 0 radical (unpaired) electrons. The number of carbonyl (C=O) groups is 2. The van der Waals surface area contributed by atoms with Crippen molar-refractivity contribution < 1.29 is 22.8 Å². The molecule has 35 heavy (non-hydrogen) atoms. The minimum Gasteiger partial charge on any atom is -0.371 e. The van der Waals surface area contributed by atoms with Crippen molar-refractivity contribution in [2.24, 2.45) is 11.3 Å². The number of benzene rings is 1. The first kappa shape index (κ1) is 24.6. The summed E-state index contributed by atoms with van der Waals surface area (Å²) in [7, 11) is 1.57. The second-order valence-electron chi connectivity index (χ2n) is 9.18. The van der Waals surface area contributed by atoms with E-state index in [1.807, 2.05) is 9.47 Å². The average Bonchev–Trinajstić information content (AvgIpc) is 3.50. The number of hydrogen-bond donors (Lipinski definition) is 1. The number of halogens is 3. The Balaban J connectivity index is 1.48. The van der Waals surface area contributed by atoms with Crippen molar-refractivity contribution >= 4 is 17.5 Å². The summed E-state index contributed by atoms with van der Waals surface area (Å²) in [4.78, 5) is 33.2. The molecule has 11 heteroatoms. The third kappa shape index (κ3) is 4.97. The van der Waals surface area contributed by atoms with Gasteiger partial charge in [-0.2, -0.15) is 18.4 Å². The third-order valence-electron chi connectivity index (χ3n) is 7.26. The predicted molar refractivity (Wildman–Crippen MR) is 121 cm³/mol. The Hall–Kier alpha value is -3.55. The van der Waals surface area contributed by atoms with Crippen LogP contribution >= 0.6 is 0 Å². The van der Waals surface area contributed by atoms with Crippen molar-refractivity contribution in [3.8, 4) is 6.07 Å². The molecule has 8 nitrogen and oxygen atoms in total. The molecule has 2 aliphatic rings. The lowest BCUT2D eigenvalue weighted by Gasteiger charge is -2.43. The van der Waals surface area contributed by atoms with Gasteiger partial charge in [0.25, 0.3) is 0 Å². The maximum atomic E-state index is 13.4. The van der Waals surface area contributed by atoms with Crippen LogP contribution in [-0.4, -0.2) is 59.5 Å². The summed E-state index contributed by atoms with van der Waals surface area (Å²) in [6.07, 6.45) is 1.89. The molecule has 1 spiro atoms. The first-order valence-corrected chi connectivity index (χ1v) is 11.5. The zero-order valence-electron chi connectivity index (χ0n) is 19.4. The molecule has 2 aromatic rings. The lowest BCUT2D eigenvalue weighted by molar-refractivity contribution is -0.137. The van der Waals surface area contributed by atoms with Crippen LogP contribution in [0.15, 0.2) is 36.9 Å². The van der Waals surface area contributed by atoms with E-state index in [1.54, 1.807) is 36.7 Å². The Bertz CT molecular complexity index is 1120. The molecule has 3 heterocycles. The first-order chi connectivity index (χ1) is 16.7. The minimum absolute atomic E-state index is 0.0335. The third-order valence-corrected chi connectivity index (χ3v) is 7.26. The molecular formula is C24H27F3N6O2. The van der Waals surface area contributed by atoms with Crippen LogP contribution in [0.3, 0.4) is 0 Å². The molecule has 1 unspecified atom stereocenters. The number of anilines is 1. The normalized spacial score (nSPS) is 19.6. The van der Waals surface area contributed by atoms with E-state index >= 15 is 0 Å². The number of nitrogens with one attached hydrogen (secondary N) is 1. The van der Waals surface area contributed by atoms with Crippen molar-refractivity contribution in [2.75, 3.05) is 38.1 Å². The molecule has 2 saturated heterocycles. The fraction of sp³-hybridized carbons (Fsp3) is 0.500. The lowest BCUT2D eigenvalue weighted by Crippen LogP contribution is -2.48. The summed E-state index contributed by atoms with van der Waals surface area (Å²) in [6.45, 7) is 2.18. The highest BCUT2D eigenvalue weighted by atomic mass is 19.4. The number of amides is 2. The molecule has 2 amide bonds. The molecule has 0 saturated carbocycles. The van der Waals surface area contributed by atoms with E-state index in [-0.39, 0.29) is 17.7 Å². The Kier molecular flexibility index (Phi) is 6.74. The van der Waals surface area contributed by atoms with E-state index < -0.39 is 22.7 Å². The van der Waals surface area contributed by atoms with Crippen molar-refractivity contribution in [3.63, 3.8) is 0 Å². The van der Waals surface area contributed by atoms with Gasteiger partial charge < -0.3 is 19.7 Å². The van der Waals surface area contributed by atoms with Crippen LogP contribution in [0.5, 0.6) is 0 Å². The van der Waals surface area contributed by atoms with Gasteiger partial charge in [0.2, 0.25) is 11.8 Å². The van der Waals surface area contributed by atoms with E-state index in [2.05, 4.69) is 10.3 Å². The summed E-state index contributed by atoms with van der Waals surface area (Å²) in [6, 6.07) is 5.36. The smallest absolute Gasteiger partial charge is 0.371 e. The highest BCUT2D eigenvalue weighted by Gasteiger charge is 2.52. The molecule has 0 bridgehead atoms. The van der Waals surface area contributed by atoms with Gasteiger partial charge in [-0.05, 0) is 31.0 Å². The van der Waals surface area contributed by atoms with Crippen LogP contribution in [0.4, 0.5) is 18.9 Å². The molecule has 0 aliphatic carbocycles. The molecule has 1 atom stereocenters. The van der Waals surface area contributed by atoms with Crippen LogP contribution in [0, 0.1) is 22.7 Å². The molecule has 1 aromatic heterocycles. The van der Waals surface area contributed by atoms with Crippen LogP contribution in [0.1, 0.15) is 30.4 Å². The van der Waals surface area contributed by atoms with Gasteiger partial charge in [-0.3, -0.25) is 9.59 Å². The molecule has 1 N–H and O–H groups in total. The second kappa shape index (κ2) is 9.60. The number of rotatable bonds is 5. The van der Waals surface area contributed by atoms with Crippen LogP contribution in [0.2, 0.25) is 0 Å². The quantitative estimate of drug-likeness (QED) is 0.699. The van der Waals surface area contributed by atoms with Crippen molar-refractivity contribution in [1.82, 2.24) is 19.8 Å². The van der Waals surface area contributed by atoms with Crippen molar-refractivity contribution in [2.45, 2.75) is 32.0 Å². The summed E-state index contributed by atoms with van der Waals surface area (Å²) >= 11 is 0. The number of imidazole rings is 1. The number of nitrogens with zero attached hydrogens (tertiary/aromatic N) is 5. The second-order valence-corrected chi connectivity index (χ2v) is 9.18. The molecule has 1 aromatic carbocycles. The number of hydrogen-bond acceptors (Lipinski definition) is 5. The van der Waals surface area contributed by atoms with Gasteiger partial charge >= 0.3 is 6.18 Å². The fourth-order valence-electron chi connectivity index (χ4n) is 5.27. The molecule has 2 aliphatic heterocycles. The largest absolute Gasteiger partial charge is 0.417 e. The first-order valence-electron chi connectivity index (χ1n) is 11.5. The summed E-state index contributed by atoms with van der Waals surface area (Å²) in [5.41, 5.74) is -1.39. The molecule has 186 valence electrons. The Morgan fingerprint density at radius 2 is 2.03 bits per heavy atom. The number of likely N-dealkylation sites (tertiary alicyclic amines) is 1. The number of piperidine rings is 1. The SMILES string of the molecule is CNC(=O)C1CN(C(=O)CCn2ccnc2)CC12CCN(c1ccc(C#N)c(C(F)(F)F)c1)CC2. The highest BCUT2D eigenvalue weighted by molar-refractivity contribution is 5.83. The molecule has 2 fully saturated rings. The number of carbonyl (C=O) groups excluding carboxylic acids is 2. The van der Waals surface area contributed by atoms with Gasteiger partial charge in [-0.1, -0.05) is 0 Å². The van der Waals surface area contributed by atoms with Gasteiger partial charge in [-0.25, -0.2) is 4.98 Å². The van der Waals surface area contributed by atoms with Crippen LogP contribution in [-0.2, 0) is 22.3 Å². The van der Waals surface area contributed by atoms with Gasteiger partial charge in [0.15, 0.2) is 0 Å². The summed E-state index contributed by atoms with van der Waals surface area (Å²) in [5.74, 6) is -0.534. The highest BCUT2D eigenvalue weighted by Crippen LogP contribution is 2.46. The average molecular weight is 489 g/mol. The van der Waals surface area contributed by atoms with Crippen LogP contribution in [0.25, 0.3) is 0 Å². The number of alkyl halides is 3. The maximum absolute atomic E-state index is 13.4. The lowest BCUT2D eigenvalue weighted by atomic mass is 9.70. The van der Waals surface area contributed by atoms with Crippen LogP contribution < -0.4 is 10.2 Å². The zero-order valence-corrected chi connectivity index (χ0v) is 19.4. The fourth-order valence-corrected chi connectivity index (χ4v) is 5.27. The molecule has 4 rings (SSSR count). The predicted octanol–water partition coefficient (Wildman–Crippen LogP) is 2.65. The standard InChI is InChI=1S/C24H27F3N6O2/c1-29-22(35)20-14-33(21(34)4-8-31-11-7-30-16-31)15-23(20)5-9-32(10-6-23)18-3-2-17(13-28)19(12-18)24(25,26)27/h2-3,7,11-12,16,20H,4-6,8-10,14-15H2,1H3,(H,29,35). The topological polar surface area (TPSA) is 94.3 Å². The summed E-state index contributed by atoms with van der Waals surface area (Å²) in [5, 5.41) is 11.8. The van der Waals surface area contributed by atoms with E-state index in [1.165, 1.54) is 12.1 Å². The van der Waals surface area contributed by atoms with Gasteiger partial charge in [0.1, 0.15) is 0 Å². The zero-order chi connectivity index (χ0) is 25.2. The van der Waals surface area contributed by atoms with E-state index in [0.717, 1.165) is 6.07 Å². The van der Waals surface area contributed by atoms with Gasteiger partial charge in [0, 0.05) is 69.7 Å². The minimum atomic E-state index is -4.62. The van der Waals surface area contributed by atoms with Crippen molar-refractivity contribution in [1.29, 1.82) is 5.26 Å². The summed E-state index contributed by atoms with van der Waals surface area (Å²) < 4.78 is 42.1. The Morgan fingerprint density at radius 3 is 2.63 bits per heavy atom. The number of aryl methyl sites for hydroxylation is 1. The molecular weight excluding hydrogens is 461 g/mol. The number of nitriles is 1. The van der Waals surface area contributed by atoms with Gasteiger partial charge in [0.05, 0.1) is 29.4 Å².